The predicted molar refractivity (Wildman–Crippen MR) is 45.4 cm³/mol. The van der Waals surface area contributed by atoms with Gasteiger partial charge >= 0.3 is 0 Å². The first-order valence-corrected chi connectivity index (χ1v) is 4.47. The van der Waals surface area contributed by atoms with Gasteiger partial charge in [-0.25, -0.2) is 0 Å². The molecule has 2 unspecified atom stereocenters. The average molecular weight is 152 g/mol. The fraction of sp³-hybridized carbons (Fsp3) is 0.800. The van der Waals surface area contributed by atoms with Crippen molar-refractivity contribution in [2.24, 2.45) is 5.92 Å². The van der Waals surface area contributed by atoms with Crippen LogP contribution in [0.15, 0.2) is 12.2 Å². The Morgan fingerprint density at radius 1 is 1.27 bits per heavy atom. The Labute approximate surface area is 68.4 Å². The van der Waals surface area contributed by atoms with Crippen molar-refractivity contribution in [3.05, 3.63) is 12.2 Å². The summed E-state index contributed by atoms with van der Waals surface area (Å²) in [5.41, 5.74) is 0.166. The quantitative estimate of drug-likeness (QED) is 0.525. The maximum atomic E-state index is 6.00. The largest absolute Gasteiger partial charge is 0.360 e. The molecule has 0 aromatic carbocycles. The van der Waals surface area contributed by atoms with Crippen molar-refractivity contribution >= 4 is 0 Å². The molecular formula is C10H16O. The number of fused-ring (bicyclic) bond motifs is 2. The van der Waals surface area contributed by atoms with Gasteiger partial charge < -0.3 is 4.74 Å². The first-order valence-electron chi connectivity index (χ1n) is 4.47. The van der Waals surface area contributed by atoms with Crippen LogP contribution in [0.1, 0.15) is 33.6 Å². The smallest absolute Gasteiger partial charge is 0.0899 e. The minimum atomic E-state index is 0.0737. The topological polar surface area (TPSA) is 9.23 Å². The molecule has 1 saturated heterocycles. The second kappa shape index (κ2) is 1.89. The molecule has 0 amide bonds. The summed E-state index contributed by atoms with van der Waals surface area (Å²) in [6, 6.07) is 0. The third-order valence-corrected chi connectivity index (χ3v) is 3.13. The minimum absolute atomic E-state index is 0.0737. The lowest BCUT2D eigenvalue weighted by molar-refractivity contribution is -0.0469. The van der Waals surface area contributed by atoms with Gasteiger partial charge in [-0.2, -0.15) is 0 Å². The Balaban J connectivity index is 2.29. The summed E-state index contributed by atoms with van der Waals surface area (Å²) >= 11 is 0. The summed E-state index contributed by atoms with van der Waals surface area (Å²) in [5, 5.41) is 0. The van der Waals surface area contributed by atoms with E-state index in [0.717, 1.165) is 0 Å². The van der Waals surface area contributed by atoms with Crippen LogP contribution in [0.2, 0.25) is 0 Å². The van der Waals surface area contributed by atoms with Crippen LogP contribution in [0.25, 0.3) is 0 Å². The summed E-state index contributed by atoms with van der Waals surface area (Å²) in [7, 11) is 0. The molecule has 1 fully saturated rings. The lowest BCUT2D eigenvalue weighted by atomic mass is 9.83. The van der Waals surface area contributed by atoms with E-state index in [1.54, 1.807) is 0 Å². The highest BCUT2D eigenvalue weighted by atomic mass is 16.5. The summed E-state index contributed by atoms with van der Waals surface area (Å²) in [6.45, 7) is 6.66. The summed E-state index contributed by atoms with van der Waals surface area (Å²) in [6.07, 6.45) is 6.90. The highest BCUT2D eigenvalue weighted by molar-refractivity contribution is 5.23. The van der Waals surface area contributed by atoms with Gasteiger partial charge in [0.15, 0.2) is 0 Å². The molecule has 2 heterocycles. The van der Waals surface area contributed by atoms with Crippen LogP contribution in [0.3, 0.4) is 0 Å². The Bertz CT molecular complexity index is 207. The van der Waals surface area contributed by atoms with Crippen molar-refractivity contribution < 1.29 is 4.74 Å². The van der Waals surface area contributed by atoms with Gasteiger partial charge in [-0.05, 0) is 25.7 Å². The zero-order chi connectivity index (χ0) is 8.11. The highest BCUT2D eigenvalue weighted by Gasteiger charge is 2.50. The van der Waals surface area contributed by atoms with Gasteiger partial charge in [-0.1, -0.05) is 26.0 Å². The van der Waals surface area contributed by atoms with Gasteiger partial charge in [-0.3, -0.25) is 0 Å². The molecule has 0 aliphatic carbocycles. The molecule has 0 spiro atoms. The zero-order valence-electron chi connectivity index (χ0n) is 7.55. The molecule has 2 atom stereocenters. The van der Waals surface area contributed by atoms with Gasteiger partial charge in [0.05, 0.1) is 11.2 Å². The molecule has 0 radical (unpaired) electrons. The molecule has 0 aromatic heterocycles. The van der Waals surface area contributed by atoms with Crippen LogP contribution < -0.4 is 0 Å². The fourth-order valence-electron chi connectivity index (χ4n) is 2.13. The first-order chi connectivity index (χ1) is 5.06. The number of rotatable bonds is 1. The van der Waals surface area contributed by atoms with E-state index < -0.39 is 0 Å². The number of hydrogen-bond acceptors (Lipinski definition) is 1. The lowest BCUT2D eigenvalue weighted by Gasteiger charge is -2.27. The van der Waals surface area contributed by atoms with E-state index >= 15 is 0 Å². The standard InChI is InChI=1S/C10H16O/c1-8(2)10-6-4-9(3,11-10)5-7-10/h4,6,8H,5,7H2,1-3H3. The molecule has 2 rings (SSSR count). The van der Waals surface area contributed by atoms with Crippen molar-refractivity contribution in [3.63, 3.8) is 0 Å². The van der Waals surface area contributed by atoms with E-state index in [-0.39, 0.29) is 11.2 Å². The molecule has 2 aliphatic heterocycles. The summed E-state index contributed by atoms with van der Waals surface area (Å²) < 4.78 is 6.00. The molecule has 11 heavy (non-hydrogen) atoms. The van der Waals surface area contributed by atoms with Crippen molar-refractivity contribution in [2.75, 3.05) is 0 Å². The molecule has 62 valence electrons. The van der Waals surface area contributed by atoms with Gasteiger partial charge in [-0.15, -0.1) is 0 Å². The lowest BCUT2D eigenvalue weighted by Crippen LogP contribution is -2.30. The second-order valence-electron chi connectivity index (χ2n) is 4.36. The number of hydrogen-bond donors (Lipinski definition) is 0. The third-order valence-electron chi connectivity index (χ3n) is 3.13. The van der Waals surface area contributed by atoms with E-state index in [2.05, 4.69) is 32.9 Å². The maximum Gasteiger partial charge on any atom is 0.0899 e. The molecule has 2 aliphatic rings. The van der Waals surface area contributed by atoms with E-state index in [1.807, 2.05) is 0 Å². The minimum Gasteiger partial charge on any atom is -0.360 e. The summed E-state index contributed by atoms with van der Waals surface area (Å²) in [5.74, 6) is 0.614. The molecule has 1 heteroatoms. The number of ether oxygens (including phenoxy) is 1. The molecular weight excluding hydrogens is 136 g/mol. The van der Waals surface area contributed by atoms with Crippen LogP contribution in [0.5, 0.6) is 0 Å². The van der Waals surface area contributed by atoms with Gasteiger partial charge in [0.25, 0.3) is 0 Å². The Morgan fingerprint density at radius 2 is 2.00 bits per heavy atom. The molecule has 0 N–H and O–H groups in total. The van der Waals surface area contributed by atoms with E-state index in [0.29, 0.717) is 5.92 Å². The monoisotopic (exact) mass is 152 g/mol. The predicted octanol–water partition coefficient (Wildman–Crippen LogP) is 2.52. The van der Waals surface area contributed by atoms with Crippen molar-refractivity contribution in [1.82, 2.24) is 0 Å². The van der Waals surface area contributed by atoms with Crippen LogP contribution in [-0.2, 0) is 4.74 Å². The maximum absolute atomic E-state index is 6.00. The fourth-order valence-corrected chi connectivity index (χ4v) is 2.13. The van der Waals surface area contributed by atoms with E-state index in [1.165, 1.54) is 12.8 Å². The Kier molecular flexibility index (Phi) is 1.26. The van der Waals surface area contributed by atoms with E-state index in [9.17, 15) is 0 Å². The Morgan fingerprint density at radius 3 is 2.18 bits per heavy atom. The van der Waals surface area contributed by atoms with Crippen molar-refractivity contribution in [3.8, 4) is 0 Å². The van der Waals surface area contributed by atoms with Crippen molar-refractivity contribution in [2.45, 2.75) is 44.8 Å². The van der Waals surface area contributed by atoms with Gasteiger partial charge in [0, 0.05) is 0 Å². The van der Waals surface area contributed by atoms with Crippen LogP contribution in [-0.4, -0.2) is 11.2 Å². The zero-order valence-corrected chi connectivity index (χ0v) is 7.55. The Hall–Kier alpha value is -0.300. The first kappa shape index (κ1) is 7.35. The van der Waals surface area contributed by atoms with Crippen LogP contribution >= 0.6 is 0 Å². The van der Waals surface area contributed by atoms with E-state index in [4.69, 9.17) is 4.74 Å². The molecule has 1 nitrogen and oxygen atoms in total. The van der Waals surface area contributed by atoms with Crippen LogP contribution in [0.4, 0.5) is 0 Å². The normalized spacial score (nSPS) is 47.6. The third kappa shape index (κ3) is 0.871. The summed E-state index contributed by atoms with van der Waals surface area (Å²) in [4.78, 5) is 0. The highest BCUT2D eigenvalue weighted by Crippen LogP contribution is 2.48. The molecule has 0 aromatic rings. The van der Waals surface area contributed by atoms with Crippen molar-refractivity contribution in [1.29, 1.82) is 0 Å². The van der Waals surface area contributed by atoms with Crippen LogP contribution in [0, 0.1) is 5.92 Å². The SMILES string of the molecule is CC(C)C12C=CC(C)(CC1)O2. The van der Waals surface area contributed by atoms with Gasteiger partial charge in [0.1, 0.15) is 0 Å². The average Bonchev–Trinajstić information content (AvgIpc) is 2.42. The van der Waals surface area contributed by atoms with Gasteiger partial charge in [0.2, 0.25) is 0 Å². The second-order valence-corrected chi connectivity index (χ2v) is 4.36. The molecule has 2 bridgehead atoms. The molecule has 0 saturated carbocycles.